The lowest BCUT2D eigenvalue weighted by Gasteiger charge is -2.39. The predicted octanol–water partition coefficient (Wildman–Crippen LogP) is 3.38. The molecule has 1 saturated heterocycles. The maximum absolute atomic E-state index is 13.2. The van der Waals surface area contributed by atoms with Crippen molar-refractivity contribution < 1.29 is 18.8 Å². The number of hydrogen-bond acceptors (Lipinski definition) is 6. The van der Waals surface area contributed by atoms with Crippen LogP contribution in [0.15, 0.2) is 54.7 Å². The van der Waals surface area contributed by atoms with Crippen molar-refractivity contribution in [2.24, 2.45) is 0 Å². The van der Waals surface area contributed by atoms with Crippen LogP contribution in [-0.2, 0) is 16.1 Å². The molecule has 36 heavy (non-hydrogen) atoms. The highest BCUT2D eigenvalue weighted by atomic mass is 19.1. The van der Waals surface area contributed by atoms with Gasteiger partial charge in [-0.1, -0.05) is 12.1 Å². The van der Waals surface area contributed by atoms with E-state index < -0.39 is 12.0 Å². The fourth-order valence-electron chi connectivity index (χ4n) is 4.29. The lowest BCUT2D eigenvalue weighted by molar-refractivity contribution is -0.145. The maximum Gasteiger partial charge on any atom is 0.248 e. The van der Waals surface area contributed by atoms with E-state index in [2.05, 4.69) is 20.4 Å². The molecule has 5 rings (SSSR count). The normalized spacial score (nSPS) is 15.0. The topological polar surface area (TPSA) is 110 Å². The van der Waals surface area contributed by atoms with Gasteiger partial charge in [0.1, 0.15) is 24.1 Å². The SMILES string of the molecule is CC(=O)c1nn(CC(=O)N2CC[C@H]2C(=O)Nc2cccc(C)n2)c2ccc(-c3ccc(F)nc3)cc12. The van der Waals surface area contributed by atoms with Crippen LogP contribution >= 0.6 is 0 Å². The summed E-state index contributed by atoms with van der Waals surface area (Å²) in [4.78, 5) is 47.6. The number of benzene rings is 1. The summed E-state index contributed by atoms with van der Waals surface area (Å²) in [7, 11) is 0. The third kappa shape index (κ3) is 4.45. The summed E-state index contributed by atoms with van der Waals surface area (Å²) in [6, 6.07) is 13.0. The minimum atomic E-state index is -0.591. The van der Waals surface area contributed by atoms with Gasteiger partial charge in [-0.25, -0.2) is 9.97 Å². The summed E-state index contributed by atoms with van der Waals surface area (Å²) in [6.45, 7) is 3.58. The molecule has 10 heteroatoms. The zero-order valence-corrected chi connectivity index (χ0v) is 19.7. The van der Waals surface area contributed by atoms with Gasteiger partial charge in [0.05, 0.1) is 5.52 Å². The summed E-state index contributed by atoms with van der Waals surface area (Å²) >= 11 is 0. The number of Topliss-reactive ketones (excluding diaryl/α,β-unsaturated/α-hetero) is 1. The summed E-state index contributed by atoms with van der Waals surface area (Å²) in [5.74, 6) is -0.948. The molecule has 3 aromatic heterocycles. The number of aromatic nitrogens is 4. The van der Waals surface area contributed by atoms with Crippen molar-refractivity contribution >= 4 is 34.3 Å². The van der Waals surface area contributed by atoms with Crippen LogP contribution in [0.3, 0.4) is 0 Å². The van der Waals surface area contributed by atoms with Gasteiger partial charge in [-0.05, 0) is 55.3 Å². The van der Waals surface area contributed by atoms with Gasteiger partial charge in [-0.2, -0.15) is 9.49 Å². The van der Waals surface area contributed by atoms with E-state index in [9.17, 15) is 18.8 Å². The third-order valence-corrected chi connectivity index (χ3v) is 6.21. The van der Waals surface area contributed by atoms with Crippen LogP contribution in [0.1, 0.15) is 29.5 Å². The molecule has 4 aromatic rings. The third-order valence-electron chi connectivity index (χ3n) is 6.21. The number of halogens is 1. The highest BCUT2D eigenvalue weighted by Gasteiger charge is 2.38. The second kappa shape index (κ2) is 9.29. The Labute approximate surface area is 206 Å². The zero-order valence-electron chi connectivity index (χ0n) is 19.7. The van der Waals surface area contributed by atoms with E-state index in [1.165, 1.54) is 28.8 Å². The number of aryl methyl sites for hydroxylation is 1. The van der Waals surface area contributed by atoms with E-state index in [4.69, 9.17) is 0 Å². The molecule has 1 aliphatic heterocycles. The van der Waals surface area contributed by atoms with Crippen LogP contribution in [0.25, 0.3) is 22.0 Å². The second-order valence-electron chi connectivity index (χ2n) is 8.71. The molecule has 182 valence electrons. The van der Waals surface area contributed by atoms with Crippen LogP contribution in [0, 0.1) is 12.9 Å². The molecule has 0 spiro atoms. The number of nitrogens with one attached hydrogen (secondary N) is 1. The number of carbonyl (C=O) groups excluding carboxylic acids is 3. The predicted molar refractivity (Wildman–Crippen MR) is 131 cm³/mol. The number of amides is 2. The summed E-state index contributed by atoms with van der Waals surface area (Å²) in [5.41, 5.74) is 3.05. The second-order valence-corrected chi connectivity index (χ2v) is 8.71. The van der Waals surface area contributed by atoms with Crippen molar-refractivity contribution in [3.8, 4) is 11.1 Å². The Bertz CT molecular complexity index is 1500. The molecule has 9 nitrogen and oxygen atoms in total. The molecule has 0 radical (unpaired) electrons. The molecule has 4 heterocycles. The van der Waals surface area contributed by atoms with Crippen molar-refractivity contribution in [1.29, 1.82) is 0 Å². The van der Waals surface area contributed by atoms with Crippen LogP contribution < -0.4 is 5.32 Å². The van der Waals surface area contributed by atoms with Gasteiger partial charge >= 0.3 is 0 Å². The fraction of sp³-hybridized carbons (Fsp3) is 0.231. The van der Waals surface area contributed by atoms with Crippen molar-refractivity contribution in [3.05, 3.63) is 72.1 Å². The molecule has 0 aliphatic carbocycles. The number of fused-ring (bicyclic) bond motifs is 1. The molecule has 1 N–H and O–H groups in total. The molecule has 1 aromatic carbocycles. The van der Waals surface area contributed by atoms with Gasteiger partial charge < -0.3 is 10.2 Å². The minimum absolute atomic E-state index is 0.117. The lowest BCUT2D eigenvalue weighted by atomic mass is 10.0. The minimum Gasteiger partial charge on any atom is -0.329 e. The molecule has 1 aliphatic rings. The number of nitrogens with zero attached hydrogens (tertiary/aromatic N) is 5. The Balaban J connectivity index is 1.36. The van der Waals surface area contributed by atoms with E-state index in [-0.39, 0.29) is 29.8 Å². The average molecular weight is 487 g/mol. The first-order valence-electron chi connectivity index (χ1n) is 11.5. The van der Waals surface area contributed by atoms with Gasteiger partial charge in [0.2, 0.25) is 17.8 Å². The molecule has 2 amide bonds. The van der Waals surface area contributed by atoms with Crippen molar-refractivity contribution in [3.63, 3.8) is 0 Å². The number of likely N-dealkylation sites (tertiary alicyclic amines) is 1. The number of anilines is 1. The smallest absolute Gasteiger partial charge is 0.248 e. The number of carbonyl (C=O) groups is 3. The molecule has 1 atom stereocenters. The standard InChI is InChI=1S/C26H23FN6O3/c1-15-4-3-5-23(29-15)30-26(36)21-10-11-32(21)24(35)14-33-20-8-6-17(18-7-9-22(27)28-13-18)12-19(20)25(31-33)16(2)34/h3-9,12-13,21H,10-11,14H2,1-2H3,(H,29,30,36)/t21-/m0/s1. The van der Waals surface area contributed by atoms with E-state index in [1.807, 2.05) is 13.0 Å². The van der Waals surface area contributed by atoms with E-state index in [0.717, 1.165) is 11.3 Å². The first-order chi connectivity index (χ1) is 17.3. The number of ketones is 1. The number of rotatable bonds is 6. The van der Waals surface area contributed by atoms with Gasteiger partial charge in [0.25, 0.3) is 0 Å². The summed E-state index contributed by atoms with van der Waals surface area (Å²) in [6.07, 6.45) is 1.97. The molecule has 0 bridgehead atoms. The van der Waals surface area contributed by atoms with Gasteiger partial charge in [-0.3, -0.25) is 19.1 Å². The quantitative estimate of drug-likeness (QED) is 0.331. The Morgan fingerprint density at radius 1 is 1.11 bits per heavy atom. The first-order valence-corrected chi connectivity index (χ1v) is 11.5. The van der Waals surface area contributed by atoms with Gasteiger partial charge in [0.15, 0.2) is 5.78 Å². The highest BCUT2D eigenvalue weighted by molar-refractivity contribution is 6.06. The van der Waals surface area contributed by atoms with E-state index in [0.29, 0.717) is 35.2 Å². The summed E-state index contributed by atoms with van der Waals surface area (Å²) in [5, 5.41) is 7.75. The maximum atomic E-state index is 13.2. The highest BCUT2D eigenvalue weighted by Crippen LogP contribution is 2.28. The molecular formula is C26H23FN6O3. The number of hydrogen-bond donors (Lipinski definition) is 1. The Morgan fingerprint density at radius 2 is 1.92 bits per heavy atom. The Morgan fingerprint density at radius 3 is 2.58 bits per heavy atom. The lowest BCUT2D eigenvalue weighted by Crippen LogP contribution is -2.57. The summed E-state index contributed by atoms with van der Waals surface area (Å²) < 4.78 is 14.7. The Kier molecular flexibility index (Phi) is 6.01. The molecule has 0 unspecified atom stereocenters. The van der Waals surface area contributed by atoms with E-state index in [1.54, 1.807) is 36.4 Å². The van der Waals surface area contributed by atoms with Crippen molar-refractivity contribution in [1.82, 2.24) is 24.6 Å². The monoisotopic (exact) mass is 486 g/mol. The van der Waals surface area contributed by atoms with Crippen LogP contribution in [-0.4, -0.2) is 54.8 Å². The Hall–Kier alpha value is -4.47. The molecule has 1 fully saturated rings. The molecular weight excluding hydrogens is 463 g/mol. The fourth-order valence-corrected chi connectivity index (χ4v) is 4.29. The van der Waals surface area contributed by atoms with Crippen LogP contribution in [0.4, 0.5) is 10.2 Å². The number of pyridine rings is 2. The van der Waals surface area contributed by atoms with Gasteiger partial charge in [0, 0.05) is 36.3 Å². The zero-order chi connectivity index (χ0) is 25.4. The van der Waals surface area contributed by atoms with Crippen molar-refractivity contribution in [2.75, 3.05) is 11.9 Å². The van der Waals surface area contributed by atoms with Crippen LogP contribution in [0.5, 0.6) is 0 Å². The van der Waals surface area contributed by atoms with E-state index >= 15 is 0 Å². The largest absolute Gasteiger partial charge is 0.329 e. The van der Waals surface area contributed by atoms with Crippen LogP contribution in [0.2, 0.25) is 0 Å². The molecule has 0 saturated carbocycles. The van der Waals surface area contributed by atoms with Crippen molar-refractivity contribution in [2.45, 2.75) is 32.9 Å². The average Bonchev–Trinajstić information content (AvgIpc) is 3.16. The first kappa shape index (κ1) is 23.3. The van der Waals surface area contributed by atoms with Gasteiger partial charge in [-0.15, -0.1) is 0 Å².